The quantitative estimate of drug-likeness (QED) is 0.735. The molecule has 0 bridgehead atoms. The Hall–Kier alpha value is -0.810. The number of ether oxygens (including phenoxy) is 1. The Morgan fingerprint density at radius 2 is 1.89 bits per heavy atom. The normalized spacial score (nSPS) is 22.8. The third-order valence-electron chi connectivity index (χ3n) is 3.08. The molecular weight excluding hydrogens is 256 g/mol. The van der Waals surface area contributed by atoms with E-state index in [1.807, 2.05) is 6.92 Å². The van der Waals surface area contributed by atoms with Crippen molar-refractivity contribution in [2.24, 2.45) is 11.7 Å². The average Bonchev–Trinajstić information content (AvgIpc) is 2.30. The van der Waals surface area contributed by atoms with Crippen LogP contribution in [0.3, 0.4) is 0 Å². The predicted molar refractivity (Wildman–Crippen MR) is 71.4 cm³/mol. The summed E-state index contributed by atoms with van der Waals surface area (Å²) in [7, 11) is 0. The Morgan fingerprint density at radius 3 is 2.39 bits per heavy atom. The first kappa shape index (κ1) is 17.2. The summed E-state index contributed by atoms with van der Waals surface area (Å²) in [6.45, 7) is 2.63. The van der Waals surface area contributed by atoms with E-state index < -0.39 is 0 Å². The maximum atomic E-state index is 11.5. The van der Waals surface area contributed by atoms with Crippen LogP contribution in [0.1, 0.15) is 39.0 Å². The van der Waals surface area contributed by atoms with Crippen LogP contribution in [-0.2, 0) is 14.3 Å². The lowest BCUT2D eigenvalue weighted by Crippen LogP contribution is -2.39. The molecule has 0 heterocycles. The minimum Gasteiger partial charge on any atom is -0.466 e. The highest BCUT2D eigenvalue weighted by molar-refractivity contribution is 5.85. The predicted octanol–water partition coefficient (Wildman–Crippen LogP) is 0.995. The molecule has 0 spiro atoms. The summed E-state index contributed by atoms with van der Waals surface area (Å²) >= 11 is 0. The van der Waals surface area contributed by atoms with Crippen molar-refractivity contribution in [1.82, 2.24) is 5.32 Å². The lowest BCUT2D eigenvalue weighted by atomic mass is 9.86. The minimum atomic E-state index is -0.0979. The van der Waals surface area contributed by atoms with Crippen LogP contribution in [0.4, 0.5) is 0 Å². The molecule has 0 unspecified atom stereocenters. The van der Waals surface area contributed by atoms with Crippen LogP contribution < -0.4 is 11.1 Å². The molecule has 1 rings (SSSR count). The number of rotatable bonds is 5. The van der Waals surface area contributed by atoms with Crippen molar-refractivity contribution in [3.05, 3.63) is 0 Å². The number of hydrogen-bond acceptors (Lipinski definition) is 4. The van der Waals surface area contributed by atoms with Crippen LogP contribution in [-0.4, -0.2) is 31.1 Å². The van der Waals surface area contributed by atoms with Gasteiger partial charge in [-0.15, -0.1) is 12.4 Å². The zero-order chi connectivity index (χ0) is 12.7. The lowest BCUT2D eigenvalue weighted by molar-refractivity contribution is -0.149. The summed E-state index contributed by atoms with van der Waals surface area (Å²) in [4.78, 5) is 22.8. The molecule has 0 radical (unpaired) electrons. The fraction of sp³-hybridized carbons (Fsp3) is 0.833. The topological polar surface area (TPSA) is 81.4 Å². The van der Waals surface area contributed by atoms with Gasteiger partial charge in [-0.3, -0.25) is 9.59 Å². The standard InChI is InChI=1S/C12H22N2O3.ClH/c1-2-17-12(16)9-3-5-10(6-4-9)14-11(15)7-8-13;/h9-10H,2-8,13H2,1H3,(H,14,15);1H. The summed E-state index contributed by atoms with van der Waals surface area (Å²) in [6, 6.07) is 0.194. The largest absolute Gasteiger partial charge is 0.466 e. The van der Waals surface area contributed by atoms with Crippen molar-refractivity contribution in [2.75, 3.05) is 13.2 Å². The maximum absolute atomic E-state index is 11.5. The van der Waals surface area contributed by atoms with Crippen molar-refractivity contribution < 1.29 is 14.3 Å². The number of halogens is 1. The molecule has 6 heteroatoms. The molecule has 1 aliphatic carbocycles. The Bertz CT molecular complexity index is 266. The van der Waals surface area contributed by atoms with E-state index in [2.05, 4.69) is 5.32 Å². The Labute approximate surface area is 114 Å². The number of hydrogen-bond donors (Lipinski definition) is 2. The lowest BCUT2D eigenvalue weighted by Gasteiger charge is -2.27. The van der Waals surface area contributed by atoms with E-state index in [9.17, 15) is 9.59 Å². The molecule has 0 saturated heterocycles. The number of carbonyl (C=O) groups is 2. The minimum absolute atomic E-state index is 0. The maximum Gasteiger partial charge on any atom is 0.308 e. The van der Waals surface area contributed by atoms with E-state index >= 15 is 0 Å². The molecular formula is C12H23ClN2O3. The SMILES string of the molecule is CCOC(=O)C1CCC(NC(=O)CCN)CC1.Cl. The van der Waals surface area contributed by atoms with E-state index in [0.29, 0.717) is 19.6 Å². The summed E-state index contributed by atoms with van der Waals surface area (Å²) in [5, 5.41) is 2.94. The molecule has 1 amide bonds. The zero-order valence-corrected chi connectivity index (χ0v) is 11.6. The highest BCUT2D eigenvalue weighted by Crippen LogP contribution is 2.25. The van der Waals surface area contributed by atoms with Gasteiger partial charge in [-0.2, -0.15) is 0 Å². The van der Waals surface area contributed by atoms with Gasteiger partial charge < -0.3 is 15.8 Å². The highest BCUT2D eigenvalue weighted by Gasteiger charge is 2.27. The first-order chi connectivity index (χ1) is 8.17. The van der Waals surface area contributed by atoms with Crippen LogP contribution >= 0.6 is 12.4 Å². The first-order valence-electron chi connectivity index (χ1n) is 6.33. The molecule has 1 aliphatic rings. The van der Waals surface area contributed by atoms with Gasteiger partial charge in [0, 0.05) is 19.0 Å². The van der Waals surface area contributed by atoms with Crippen molar-refractivity contribution in [3.8, 4) is 0 Å². The van der Waals surface area contributed by atoms with Gasteiger partial charge in [-0.25, -0.2) is 0 Å². The fourth-order valence-electron chi connectivity index (χ4n) is 2.16. The molecule has 18 heavy (non-hydrogen) atoms. The molecule has 1 fully saturated rings. The van der Waals surface area contributed by atoms with Crippen LogP contribution in [0.2, 0.25) is 0 Å². The molecule has 106 valence electrons. The molecule has 5 nitrogen and oxygen atoms in total. The number of esters is 1. The number of carbonyl (C=O) groups excluding carboxylic acids is 2. The summed E-state index contributed by atoms with van der Waals surface area (Å²) in [5.41, 5.74) is 5.31. The first-order valence-corrected chi connectivity index (χ1v) is 6.33. The van der Waals surface area contributed by atoms with Crippen molar-refractivity contribution in [2.45, 2.75) is 45.1 Å². The molecule has 0 aliphatic heterocycles. The van der Waals surface area contributed by atoms with Crippen LogP contribution in [0, 0.1) is 5.92 Å². The van der Waals surface area contributed by atoms with Crippen molar-refractivity contribution >= 4 is 24.3 Å². The second-order valence-electron chi connectivity index (χ2n) is 4.41. The number of amides is 1. The second kappa shape index (κ2) is 9.16. The summed E-state index contributed by atoms with van der Waals surface area (Å²) in [5.74, 6) is -0.0797. The second-order valence-corrected chi connectivity index (χ2v) is 4.41. The Balaban J connectivity index is 0.00000289. The highest BCUT2D eigenvalue weighted by atomic mass is 35.5. The third kappa shape index (κ3) is 5.69. The van der Waals surface area contributed by atoms with Gasteiger partial charge in [0.15, 0.2) is 0 Å². The molecule has 0 atom stereocenters. The average molecular weight is 279 g/mol. The van der Waals surface area contributed by atoms with E-state index in [1.54, 1.807) is 0 Å². The van der Waals surface area contributed by atoms with E-state index in [4.69, 9.17) is 10.5 Å². The van der Waals surface area contributed by atoms with Gasteiger partial charge in [0.25, 0.3) is 0 Å². The fourth-order valence-corrected chi connectivity index (χ4v) is 2.16. The van der Waals surface area contributed by atoms with E-state index in [-0.39, 0.29) is 36.2 Å². The van der Waals surface area contributed by atoms with Crippen molar-refractivity contribution in [3.63, 3.8) is 0 Å². The third-order valence-corrected chi connectivity index (χ3v) is 3.08. The number of nitrogens with two attached hydrogens (primary N) is 1. The van der Waals surface area contributed by atoms with Gasteiger partial charge in [-0.05, 0) is 32.6 Å². The monoisotopic (exact) mass is 278 g/mol. The van der Waals surface area contributed by atoms with E-state index in [0.717, 1.165) is 25.7 Å². The molecule has 1 saturated carbocycles. The van der Waals surface area contributed by atoms with Gasteiger partial charge >= 0.3 is 5.97 Å². The van der Waals surface area contributed by atoms with Gasteiger partial charge in [-0.1, -0.05) is 0 Å². The Kier molecular flexibility index (Phi) is 8.75. The number of nitrogens with one attached hydrogen (secondary N) is 1. The van der Waals surface area contributed by atoms with Gasteiger partial charge in [0.1, 0.15) is 0 Å². The van der Waals surface area contributed by atoms with Gasteiger partial charge in [0.05, 0.1) is 12.5 Å². The summed E-state index contributed by atoms with van der Waals surface area (Å²) < 4.78 is 4.99. The smallest absolute Gasteiger partial charge is 0.308 e. The molecule has 0 aromatic heterocycles. The summed E-state index contributed by atoms with van der Waals surface area (Å²) in [6.07, 6.45) is 3.66. The van der Waals surface area contributed by atoms with Crippen LogP contribution in [0.25, 0.3) is 0 Å². The Morgan fingerprint density at radius 1 is 1.28 bits per heavy atom. The van der Waals surface area contributed by atoms with Crippen LogP contribution in [0.15, 0.2) is 0 Å². The molecule has 0 aromatic carbocycles. The molecule has 3 N–H and O–H groups in total. The zero-order valence-electron chi connectivity index (χ0n) is 10.8. The van der Waals surface area contributed by atoms with Crippen LogP contribution in [0.5, 0.6) is 0 Å². The van der Waals surface area contributed by atoms with E-state index in [1.165, 1.54) is 0 Å². The molecule has 0 aromatic rings. The van der Waals surface area contributed by atoms with Gasteiger partial charge in [0.2, 0.25) is 5.91 Å². The van der Waals surface area contributed by atoms with Crippen molar-refractivity contribution in [1.29, 1.82) is 0 Å².